The number of unbranched alkanes of at least 4 members (excludes halogenated alkanes) is 8. The summed E-state index contributed by atoms with van der Waals surface area (Å²) < 4.78 is 0. The van der Waals surface area contributed by atoms with Gasteiger partial charge in [-0.3, -0.25) is 4.79 Å². The number of hydrogen-bond acceptors (Lipinski definition) is 2. The summed E-state index contributed by atoms with van der Waals surface area (Å²) in [7, 11) is 0. The second-order valence-electron chi connectivity index (χ2n) is 4.88. The lowest BCUT2D eigenvalue weighted by Gasteiger charge is -2.04. The SMILES string of the molecule is Br.CCCCCCCCCCNC(=O)CCCC=O. The van der Waals surface area contributed by atoms with Crippen LogP contribution in [0.5, 0.6) is 0 Å². The molecule has 19 heavy (non-hydrogen) atoms. The lowest BCUT2D eigenvalue weighted by atomic mass is 10.1. The molecule has 0 atom stereocenters. The van der Waals surface area contributed by atoms with Crippen molar-refractivity contribution in [2.45, 2.75) is 77.6 Å². The Hall–Kier alpha value is -0.380. The summed E-state index contributed by atoms with van der Waals surface area (Å²) in [5.41, 5.74) is 0. The summed E-state index contributed by atoms with van der Waals surface area (Å²) in [5, 5.41) is 2.90. The Labute approximate surface area is 128 Å². The third-order valence-corrected chi connectivity index (χ3v) is 3.08. The molecule has 0 aromatic carbocycles. The highest BCUT2D eigenvalue weighted by atomic mass is 79.9. The topological polar surface area (TPSA) is 46.2 Å². The van der Waals surface area contributed by atoms with Crippen LogP contribution in [0.15, 0.2) is 0 Å². The third-order valence-electron chi connectivity index (χ3n) is 3.08. The van der Waals surface area contributed by atoms with Crippen LogP contribution in [0.3, 0.4) is 0 Å². The number of amides is 1. The van der Waals surface area contributed by atoms with Gasteiger partial charge in [-0.15, -0.1) is 17.0 Å². The minimum Gasteiger partial charge on any atom is -0.356 e. The van der Waals surface area contributed by atoms with Gasteiger partial charge in [0, 0.05) is 19.4 Å². The number of nitrogens with one attached hydrogen (secondary N) is 1. The van der Waals surface area contributed by atoms with Gasteiger partial charge in [-0.1, -0.05) is 51.9 Å². The summed E-state index contributed by atoms with van der Waals surface area (Å²) in [6.07, 6.45) is 12.8. The molecule has 4 heteroatoms. The van der Waals surface area contributed by atoms with Crippen molar-refractivity contribution in [3.63, 3.8) is 0 Å². The second-order valence-corrected chi connectivity index (χ2v) is 4.88. The molecule has 0 radical (unpaired) electrons. The summed E-state index contributed by atoms with van der Waals surface area (Å²) in [4.78, 5) is 21.4. The number of aldehydes is 1. The molecular formula is C15H30BrNO2. The summed E-state index contributed by atoms with van der Waals surface area (Å²) in [5.74, 6) is 0.0831. The molecule has 0 spiro atoms. The van der Waals surface area contributed by atoms with Gasteiger partial charge in [0.2, 0.25) is 5.91 Å². The Balaban J connectivity index is 0. The van der Waals surface area contributed by atoms with Crippen LogP contribution in [-0.2, 0) is 9.59 Å². The van der Waals surface area contributed by atoms with Crippen LogP contribution in [0, 0.1) is 0 Å². The lowest BCUT2D eigenvalue weighted by molar-refractivity contribution is -0.121. The van der Waals surface area contributed by atoms with Gasteiger partial charge in [0.05, 0.1) is 0 Å². The monoisotopic (exact) mass is 335 g/mol. The van der Waals surface area contributed by atoms with Crippen molar-refractivity contribution < 1.29 is 9.59 Å². The van der Waals surface area contributed by atoms with Crippen LogP contribution in [0.25, 0.3) is 0 Å². The number of halogens is 1. The molecule has 0 aliphatic carbocycles. The maximum absolute atomic E-state index is 11.3. The molecule has 0 unspecified atom stereocenters. The number of rotatable bonds is 13. The Morgan fingerprint density at radius 2 is 1.53 bits per heavy atom. The zero-order valence-electron chi connectivity index (χ0n) is 12.3. The highest BCUT2D eigenvalue weighted by molar-refractivity contribution is 8.93. The molecule has 0 saturated carbocycles. The van der Waals surface area contributed by atoms with Crippen LogP contribution in [0.1, 0.15) is 77.6 Å². The van der Waals surface area contributed by atoms with Gasteiger partial charge in [-0.25, -0.2) is 0 Å². The summed E-state index contributed by atoms with van der Waals surface area (Å²) in [6.45, 7) is 3.02. The fourth-order valence-electron chi connectivity index (χ4n) is 1.92. The molecule has 0 heterocycles. The van der Waals surface area contributed by atoms with Gasteiger partial charge >= 0.3 is 0 Å². The first kappa shape index (κ1) is 20.9. The molecule has 0 aromatic heterocycles. The molecule has 114 valence electrons. The molecule has 0 aliphatic rings. The summed E-state index contributed by atoms with van der Waals surface area (Å²) in [6, 6.07) is 0. The van der Waals surface area contributed by atoms with E-state index in [4.69, 9.17) is 0 Å². The predicted octanol–water partition coefficient (Wildman–Crippen LogP) is 4.19. The highest BCUT2D eigenvalue weighted by Gasteiger charge is 1.99. The zero-order chi connectivity index (χ0) is 13.5. The van der Waals surface area contributed by atoms with Gasteiger partial charge in [0.1, 0.15) is 6.29 Å². The maximum Gasteiger partial charge on any atom is 0.220 e. The van der Waals surface area contributed by atoms with Crippen LogP contribution in [0.2, 0.25) is 0 Å². The van der Waals surface area contributed by atoms with E-state index < -0.39 is 0 Å². The van der Waals surface area contributed by atoms with Crippen LogP contribution >= 0.6 is 17.0 Å². The lowest BCUT2D eigenvalue weighted by Crippen LogP contribution is -2.23. The fraction of sp³-hybridized carbons (Fsp3) is 0.867. The first-order chi connectivity index (χ1) is 8.81. The molecular weight excluding hydrogens is 306 g/mol. The van der Waals surface area contributed by atoms with Gasteiger partial charge in [0.15, 0.2) is 0 Å². The van der Waals surface area contributed by atoms with Crippen molar-refractivity contribution in [1.82, 2.24) is 5.32 Å². The standard InChI is InChI=1S/C15H29NO2.BrH/c1-2-3-4-5-6-7-8-10-13-16-15(18)12-9-11-14-17;/h14H,2-13H2,1H3,(H,16,18);1H. The second kappa shape index (κ2) is 17.6. The van der Waals surface area contributed by atoms with E-state index in [0.29, 0.717) is 19.3 Å². The molecule has 0 saturated heterocycles. The van der Waals surface area contributed by atoms with Crippen LogP contribution in [0.4, 0.5) is 0 Å². The maximum atomic E-state index is 11.3. The Kier molecular flexibility index (Phi) is 19.4. The largest absolute Gasteiger partial charge is 0.356 e. The molecule has 0 rings (SSSR count). The van der Waals surface area contributed by atoms with Crippen LogP contribution in [-0.4, -0.2) is 18.7 Å². The summed E-state index contributed by atoms with van der Waals surface area (Å²) >= 11 is 0. The predicted molar refractivity (Wildman–Crippen MR) is 85.9 cm³/mol. The van der Waals surface area contributed by atoms with Crippen molar-refractivity contribution in [2.75, 3.05) is 6.54 Å². The molecule has 0 aliphatic heterocycles. The zero-order valence-corrected chi connectivity index (χ0v) is 14.0. The smallest absolute Gasteiger partial charge is 0.220 e. The first-order valence-electron chi connectivity index (χ1n) is 7.51. The van der Waals surface area contributed by atoms with Crippen LogP contribution < -0.4 is 5.32 Å². The van der Waals surface area contributed by atoms with E-state index in [1.165, 1.54) is 44.9 Å². The molecule has 1 N–H and O–H groups in total. The van der Waals surface area contributed by atoms with E-state index in [-0.39, 0.29) is 22.9 Å². The van der Waals surface area contributed by atoms with Gasteiger partial charge in [-0.05, 0) is 12.8 Å². The van der Waals surface area contributed by atoms with E-state index in [0.717, 1.165) is 19.3 Å². The number of carbonyl (C=O) groups is 2. The van der Waals surface area contributed by atoms with Crippen molar-refractivity contribution in [3.05, 3.63) is 0 Å². The van der Waals surface area contributed by atoms with E-state index in [9.17, 15) is 9.59 Å². The van der Waals surface area contributed by atoms with Gasteiger partial charge in [0.25, 0.3) is 0 Å². The van der Waals surface area contributed by atoms with E-state index >= 15 is 0 Å². The van der Waals surface area contributed by atoms with Crippen molar-refractivity contribution in [3.8, 4) is 0 Å². The number of carbonyl (C=O) groups excluding carboxylic acids is 2. The van der Waals surface area contributed by atoms with Gasteiger partial charge in [-0.2, -0.15) is 0 Å². The fourth-order valence-corrected chi connectivity index (χ4v) is 1.92. The average Bonchev–Trinajstić information content (AvgIpc) is 2.37. The molecule has 3 nitrogen and oxygen atoms in total. The quantitative estimate of drug-likeness (QED) is 0.405. The Bertz CT molecular complexity index is 210. The minimum atomic E-state index is 0. The first-order valence-corrected chi connectivity index (χ1v) is 7.51. The Morgan fingerprint density at radius 1 is 0.947 bits per heavy atom. The van der Waals surface area contributed by atoms with Crippen molar-refractivity contribution in [1.29, 1.82) is 0 Å². The van der Waals surface area contributed by atoms with E-state index in [2.05, 4.69) is 12.2 Å². The molecule has 0 fully saturated rings. The Morgan fingerprint density at radius 3 is 2.11 bits per heavy atom. The van der Waals surface area contributed by atoms with Crippen molar-refractivity contribution in [2.24, 2.45) is 0 Å². The number of hydrogen-bond donors (Lipinski definition) is 1. The normalized spacial score (nSPS) is 9.74. The molecule has 0 bridgehead atoms. The average molecular weight is 336 g/mol. The van der Waals surface area contributed by atoms with Crippen molar-refractivity contribution >= 4 is 29.2 Å². The van der Waals surface area contributed by atoms with E-state index in [1.54, 1.807) is 0 Å². The third kappa shape index (κ3) is 17.6. The van der Waals surface area contributed by atoms with E-state index in [1.807, 2.05) is 0 Å². The molecule has 1 amide bonds. The van der Waals surface area contributed by atoms with Gasteiger partial charge < -0.3 is 10.1 Å². The molecule has 0 aromatic rings. The minimum absolute atomic E-state index is 0. The highest BCUT2D eigenvalue weighted by Crippen LogP contribution is 2.07.